The molecule has 0 fully saturated rings. The van der Waals surface area contributed by atoms with E-state index in [0.29, 0.717) is 33.1 Å². The molecule has 9 heteroatoms. The lowest BCUT2D eigenvalue weighted by molar-refractivity contribution is -0.124. The smallest absolute Gasteiger partial charge is 0.341 e. The van der Waals surface area contributed by atoms with Gasteiger partial charge in [-0.2, -0.15) is 0 Å². The van der Waals surface area contributed by atoms with Crippen LogP contribution in [0.1, 0.15) is 70.2 Å². The Morgan fingerprint density at radius 3 is 2.51 bits per heavy atom. The molecule has 1 atom stereocenters. The number of nitrogens with zero attached hydrogens (tertiary/aromatic N) is 1. The number of esters is 2. The number of carbonyl (C=O) groups excluding carboxylic acids is 3. The summed E-state index contributed by atoms with van der Waals surface area (Å²) in [5.74, 6) is -1.34. The second-order valence-corrected chi connectivity index (χ2v) is 10.5. The molecule has 1 amide bonds. The van der Waals surface area contributed by atoms with Crippen molar-refractivity contribution >= 4 is 45.3 Å². The molecule has 0 radical (unpaired) electrons. The van der Waals surface area contributed by atoms with Crippen LogP contribution in [0.25, 0.3) is 22.6 Å². The number of methoxy groups -OCH3 is 1. The number of amides is 1. The van der Waals surface area contributed by atoms with Gasteiger partial charge in [0, 0.05) is 4.88 Å². The number of rotatable bonds is 7. The molecule has 0 saturated carbocycles. The minimum Gasteiger partial charge on any atom is -0.465 e. The number of anilines is 1. The van der Waals surface area contributed by atoms with Crippen LogP contribution in [-0.2, 0) is 27.1 Å². The van der Waals surface area contributed by atoms with E-state index in [0.717, 1.165) is 49.0 Å². The quantitative estimate of drug-likeness (QED) is 0.261. The van der Waals surface area contributed by atoms with E-state index in [1.807, 2.05) is 18.2 Å². The number of aryl methyl sites for hydroxylation is 1. The summed E-state index contributed by atoms with van der Waals surface area (Å²) < 4.78 is 16.6. The molecule has 0 aliphatic heterocycles. The Labute approximate surface area is 230 Å². The molecule has 2 heterocycles. The highest BCUT2D eigenvalue weighted by Crippen LogP contribution is 2.38. The van der Waals surface area contributed by atoms with Crippen molar-refractivity contribution in [2.45, 2.75) is 58.0 Å². The Morgan fingerprint density at radius 1 is 1.00 bits per heavy atom. The normalized spacial score (nSPS) is 14.1. The highest BCUT2D eigenvalue weighted by molar-refractivity contribution is 7.17. The minimum absolute atomic E-state index is 0.240. The maximum Gasteiger partial charge on any atom is 0.341 e. The van der Waals surface area contributed by atoms with Crippen LogP contribution in [0.2, 0.25) is 0 Å². The van der Waals surface area contributed by atoms with Crippen molar-refractivity contribution in [3.63, 3.8) is 0 Å². The topological polar surface area (TPSA) is 108 Å². The van der Waals surface area contributed by atoms with Crippen molar-refractivity contribution < 1.29 is 28.3 Å². The zero-order valence-electron chi connectivity index (χ0n) is 22.0. The molecule has 4 aromatic rings. The van der Waals surface area contributed by atoms with Crippen LogP contribution in [-0.4, -0.2) is 36.0 Å². The third-order valence-corrected chi connectivity index (χ3v) is 8.09. The lowest BCUT2D eigenvalue weighted by Crippen LogP contribution is -2.32. The highest BCUT2D eigenvalue weighted by Gasteiger charge is 2.29. The summed E-state index contributed by atoms with van der Waals surface area (Å²) in [5.41, 5.74) is 3.36. The van der Waals surface area contributed by atoms with Crippen molar-refractivity contribution in [3.8, 4) is 11.5 Å². The Bertz CT molecular complexity index is 1490. The number of carbonyl (C=O) groups is 3. The number of fused-ring (bicyclic) bond motifs is 2. The van der Waals surface area contributed by atoms with Gasteiger partial charge >= 0.3 is 11.9 Å². The third-order valence-electron chi connectivity index (χ3n) is 6.88. The van der Waals surface area contributed by atoms with Crippen molar-refractivity contribution in [3.05, 3.63) is 70.1 Å². The molecule has 39 heavy (non-hydrogen) atoms. The first-order valence-electron chi connectivity index (χ1n) is 13.2. The van der Waals surface area contributed by atoms with Gasteiger partial charge < -0.3 is 19.2 Å². The van der Waals surface area contributed by atoms with Gasteiger partial charge in [0.2, 0.25) is 5.89 Å². The molecule has 2 aromatic heterocycles. The molecular weight excluding hydrogens is 516 g/mol. The van der Waals surface area contributed by atoms with E-state index in [1.54, 1.807) is 37.3 Å². The van der Waals surface area contributed by atoms with Crippen LogP contribution in [0.5, 0.6) is 0 Å². The second-order valence-electron chi connectivity index (χ2n) is 9.44. The Morgan fingerprint density at radius 2 is 1.74 bits per heavy atom. The molecule has 0 saturated heterocycles. The average Bonchev–Trinajstić information content (AvgIpc) is 3.52. The van der Waals surface area contributed by atoms with E-state index >= 15 is 0 Å². The fraction of sp³-hybridized carbons (Fsp3) is 0.333. The number of thiophene rings is 1. The van der Waals surface area contributed by atoms with Gasteiger partial charge in [-0.15, -0.1) is 11.3 Å². The van der Waals surface area contributed by atoms with Gasteiger partial charge in [0.25, 0.3) is 5.91 Å². The number of hydrogen-bond donors (Lipinski definition) is 1. The largest absolute Gasteiger partial charge is 0.465 e. The summed E-state index contributed by atoms with van der Waals surface area (Å²) in [6.07, 6.45) is 5.09. The standard InChI is InChI=1S/C30H30N2O6S/c1-3-22(26(33)32-28-25(30(35)36-2)20-14-6-4-5-7-17-24(20)39-28)38-29(34)19-13-9-8-12-18(19)27-31-21-15-10-11-16-23(21)37-27/h8-13,15-16,22H,3-7,14,17H2,1-2H3,(H,32,33). The molecule has 2 aromatic carbocycles. The summed E-state index contributed by atoms with van der Waals surface area (Å²) >= 11 is 1.41. The van der Waals surface area contributed by atoms with Gasteiger partial charge in [0.15, 0.2) is 11.7 Å². The predicted molar refractivity (Wildman–Crippen MR) is 149 cm³/mol. The first kappa shape index (κ1) is 26.6. The summed E-state index contributed by atoms with van der Waals surface area (Å²) in [7, 11) is 1.34. The van der Waals surface area contributed by atoms with E-state index < -0.39 is 23.9 Å². The molecule has 202 valence electrons. The number of aromatic nitrogens is 1. The van der Waals surface area contributed by atoms with Crippen LogP contribution in [0.3, 0.4) is 0 Å². The van der Waals surface area contributed by atoms with E-state index in [4.69, 9.17) is 13.9 Å². The number of hydrogen-bond acceptors (Lipinski definition) is 8. The molecule has 0 bridgehead atoms. The summed E-state index contributed by atoms with van der Waals surface area (Å²) in [5, 5.41) is 3.31. The molecular formula is C30H30N2O6S. The molecule has 1 unspecified atom stereocenters. The van der Waals surface area contributed by atoms with E-state index in [9.17, 15) is 14.4 Å². The first-order valence-corrected chi connectivity index (χ1v) is 14.0. The first-order chi connectivity index (χ1) is 19.0. The van der Waals surface area contributed by atoms with Crippen molar-refractivity contribution in [2.75, 3.05) is 12.4 Å². The van der Waals surface area contributed by atoms with E-state index in [2.05, 4.69) is 10.3 Å². The summed E-state index contributed by atoms with van der Waals surface area (Å²) in [6.45, 7) is 1.76. The van der Waals surface area contributed by atoms with Gasteiger partial charge in [-0.05, 0) is 61.9 Å². The zero-order valence-corrected chi connectivity index (χ0v) is 22.8. The fourth-order valence-corrected chi connectivity index (χ4v) is 6.15. The number of oxazole rings is 1. The van der Waals surface area contributed by atoms with E-state index in [-0.39, 0.29) is 12.0 Å². The van der Waals surface area contributed by atoms with Crippen molar-refractivity contribution in [2.24, 2.45) is 0 Å². The number of para-hydroxylation sites is 2. The summed E-state index contributed by atoms with van der Waals surface area (Å²) in [6, 6.07) is 14.2. The van der Waals surface area contributed by atoms with Gasteiger partial charge in [-0.25, -0.2) is 14.6 Å². The maximum atomic E-state index is 13.3. The molecule has 1 aliphatic rings. The Hall–Kier alpha value is -3.98. The minimum atomic E-state index is -1.07. The molecule has 1 N–H and O–H groups in total. The SMILES string of the molecule is CCC(OC(=O)c1ccccc1-c1nc2ccccc2o1)C(=O)Nc1sc2c(c1C(=O)OC)CCCCCC2. The van der Waals surface area contributed by atoms with Crippen LogP contribution >= 0.6 is 11.3 Å². The van der Waals surface area contributed by atoms with Crippen LogP contribution in [0.15, 0.2) is 52.9 Å². The number of ether oxygens (including phenoxy) is 2. The maximum absolute atomic E-state index is 13.3. The monoisotopic (exact) mass is 546 g/mol. The van der Waals surface area contributed by atoms with Gasteiger partial charge in [0.05, 0.1) is 23.8 Å². The third kappa shape index (κ3) is 5.59. The van der Waals surface area contributed by atoms with Crippen LogP contribution < -0.4 is 5.32 Å². The average molecular weight is 547 g/mol. The van der Waals surface area contributed by atoms with Crippen LogP contribution in [0.4, 0.5) is 5.00 Å². The molecule has 5 rings (SSSR count). The van der Waals surface area contributed by atoms with Crippen molar-refractivity contribution in [1.82, 2.24) is 4.98 Å². The molecule has 8 nitrogen and oxygen atoms in total. The van der Waals surface area contributed by atoms with Gasteiger partial charge in [-0.1, -0.05) is 44.0 Å². The number of nitrogens with one attached hydrogen (secondary N) is 1. The second kappa shape index (κ2) is 11.8. The fourth-order valence-electron chi connectivity index (χ4n) is 4.87. The highest BCUT2D eigenvalue weighted by atomic mass is 32.1. The summed E-state index contributed by atoms with van der Waals surface area (Å²) in [4.78, 5) is 44.9. The Balaban J connectivity index is 1.38. The predicted octanol–water partition coefficient (Wildman–Crippen LogP) is 6.58. The van der Waals surface area contributed by atoms with Crippen LogP contribution in [0, 0.1) is 0 Å². The van der Waals surface area contributed by atoms with Gasteiger partial charge in [-0.3, -0.25) is 4.79 Å². The van der Waals surface area contributed by atoms with Crippen molar-refractivity contribution in [1.29, 1.82) is 0 Å². The number of benzene rings is 2. The zero-order chi connectivity index (χ0) is 27.4. The molecule has 0 spiro atoms. The lowest BCUT2D eigenvalue weighted by atomic mass is 9.96. The lowest BCUT2D eigenvalue weighted by Gasteiger charge is -2.17. The molecule has 1 aliphatic carbocycles. The Kier molecular flexibility index (Phi) is 8.07. The van der Waals surface area contributed by atoms with E-state index in [1.165, 1.54) is 18.4 Å². The van der Waals surface area contributed by atoms with Gasteiger partial charge in [0.1, 0.15) is 10.5 Å².